The van der Waals surface area contributed by atoms with E-state index in [-0.39, 0.29) is 21.3 Å². The van der Waals surface area contributed by atoms with Crippen molar-refractivity contribution in [2.75, 3.05) is 39.9 Å². The highest BCUT2D eigenvalue weighted by Crippen LogP contribution is 2.51. The molecule has 2 aliphatic rings. The summed E-state index contributed by atoms with van der Waals surface area (Å²) in [4.78, 5) is 0.559. The molecule has 0 fully saturated rings. The van der Waals surface area contributed by atoms with Crippen molar-refractivity contribution in [1.29, 1.82) is 0 Å². The molecule has 0 aliphatic carbocycles. The predicted molar refractivity (Wildman–Crippen MR) is 236 cm³/mol. The quantitative estimate of drug-likeness (QED) is 0.126. The van der Waals surface area contributed by atoms with Gasteiger partial charge in [0.25, 0.3) is 0 Å². The molecular weight excluding hydrogens is 801 g/mol. The number of unbranched alkanes of at least 4 members (excludes halogenated alkanes) is 2. The summed E-state index contributed by atoms with van der Waals surface area (Å²) in [7, 11) is -0.868. The van der Waals surface area contributed by atoms with Crippen LogP contribution in [0.1, 0.15) is 113 Å². The first kappa shape index (κ1) is 47.0. The second-order valence-electron chi connectivity index (χ2n) is 16.4. The molecule has 2 aliphatic heterocycles. The van der Waals surface area contributed by atoms with Gasteiger partial charge in [0.1, 0.15) is 23.0 Å². The van der Waals surface area contributed by atoms with Gasteiger partial charge in [-0.25, -0.2) is 16.8 Å². The van der Waals surface area contributed by atoms with Gasteiger partial charge in [0.2, 0.25) is 0 Å². The van der Waals surface area contributed by atoms with Crippen LogP contribution in [-0.4, -0.2) is 79.2 Å². The number of aliphatic hydroxyl groups excluding tert-OH is 2. The van der Waals surface area contributed by atoms with E-state index < -0.39 is 54.5 Å². The Balaban J connectivity index is 0.000000228. The average Bonchev–Trinajstić information content (AvgIpc) is 3.38. The lowest BCUT2D eigenvalue weighted by atomic mass is 9.69. The summed E-state index contributed by atoms with van der Waals surface area (Å²) >= 11 is 0. The van der Waals surface area contributed by atoms with Gasteiger partial charge >= 0.3 is 0 Å². The molecule has 10 nitrogen and oxygen atoms in total. The van der Waals surface area contributed by atoms with Crippen LogP contribution >= 0.6 is 0 Å². The molecule has 2 heterocycles. The number of hydrogen-bond donors (Lipinski definition) is 2. The second-order valence-corrected chi connectivity index (χ2v) is 20.3. The normalized spacial score (nSPS) is 25.2. The van der Waals surface area contributed by atoms with E-state index in [1.54, 1.807) is 64.8 Å². The highest BCUT2D eigenvalue weighted by Gasteiger charge is 2.50. The Kier molecular flexibility index (Phi) is 15.4. The van der Waals surface area contributed by atoms with Crippen LogP contribution in [-0.2, 0) is 19.7 Å². The zero-order valence-electron chi connectivity index (χ0n) is 36.4. The molecule has 0 saturated heterocycles. The molecule has 328 valence electrons. The Morgan fingerprint density at radius 2 is 0.883 bits per heavy atom. The number of benzene rings is 4. The molecule has 4 aromatic rings. The predicted octanol–water partition coefficient (Wildman–Crippen LogP) is 9.14. The second kappa shape index (κ2) is 19.7. The van der Waals surface area contributed by atoms with Crippen LogP contribution in [0.4, 0.5) is 0 Å². The lowest BCUT2D eigenvalue weighted by Crippen LogP contribution is -2.42. The van der Waals surface area contributed by atoms with E-state index >= 15 is 0 Å². The molecule has 0 saturated carbocycles. The number of fused-ring (bicyclic) bond motifs is 2. The van der Waals surface area contributed by atoms with Crippen molar-refractivity contribution in [3.05, 3.63) is 107 Å². The van der Waals surface area contributed by atoms with E-state index in [0.717, 1.165) is 36.8 Å². The molecule has 0 amide bonds. The molecule has 0 spiro atoms. The van der Waals surface area contributed by atoms with E-state index in [2.05, 4.69) is 13.8 Å². The van der Waals surface area contributed by atoms with Crippen LogP contribution in [0.15, 0.2) is 94.7 Å². The summed E-state index contributed by atoms with van der Waals surface area (Å²) in [6.07, 6.45) is 4.39. The maximum Gasteiger partial charge on any atom is 0.179 e. The summed E-state index contributed by atoms with van der Waals surface area (Å²) in [6.45, 7) is 8.13. The van der Waals surface area contributed by atoms with Crippen molar-refractivity contribution in [2.45, 2.75) is 113 Å². The van der Waals surface area contributed by atoms with Gasteiger partial charge in [0.15, 0.2) is 19.7 Å². The molecule has 6 rings (SSSR count). The van der Waals surface area contributed by atoms with Gasteiger partial charge in [-0.3, -0.25) is 0 Å². The molecular formula is C48H64O10S2. The molecule has 6 atom stereocenters. The van der Waals surface area contributed by atoms with Crippen molar-refractivity contribution in [3.63, 3.8) is 0 Å². The first-order valence-electron chi connectivity index (χ1n) is 21.1. The largest absolute Gasteiger partial charge is 0.497 e. The molecule has 0 bridgehead atoms. The number of ether oxygens (including phenoxy) is 4. The van der Waals surface area contributed by atoms with Crippen LogP contribution in [0.3, 0.4) is 0 Å². The molecule has 2 unspecified atom stereocenters. The first-order valence-corrected chi connectivity index (χ1v) is 24.4. The number of aliphatic hydroxyl groups is 2. The lowest BCUT2D eigenvalue weighted by Gasteiger charge is -2.39. The summed E-state index contributed by atoms with van der Waals surface area (Å²) in [6, 6.07) is 25.2. The monoisotopic (exact) mass is 864 g/mol. The smallest absolute Gasteiger partial charge is 0.179 e. The van der Waals surface area contributed by atoms with E-state index in [0.29, 0.717) is 59.8 Å². The number of hydrogen-bond acceptors (Lipinski definition) is 10. The van der Waals surface area contributed by atoms with Crippen LogP contribution in [0, 0.1) is 10.8 Å². The third-order valence-corrected chi connectivity index (χ3v) is 17.0. The van der Waals surface area contributed by atoms with Crippen LogP contribution in [0.25, 0.3) is 0 Å². The Hall–Kier alpha value is -4.10. The van der Waals surface area contributed by atoms with Crippen molar-refractivity contribution >= 4 is 19.7 Å². The van der Waals surface area contributed by atoms with Crippen molar-refractivity contribution in [2.24, 2.45) is 10.8 Å². The minimum Gasteiger partial charge on any atom is -0.497 e. The third kappa shape index (κ3) is 9.52. The zero-order valence-corrected chi connectivity index (χ0v) is 38.1. The van der Waals surface area contributed by atoms with E-state index in [1.807, 2.05) is 62.4 Å². The van der Waals surface area contributed by atoms with Crippen LogP contribution < -0.4 is 18.9 Å². The van der Waals surface area contributed by atoms with Gasteiger partial charge in [-0.1, -0.05) is 77.6 Å². The van der Waals surface area contributed by atoms with Crippen molar-refractivity contribution in [3.8, 4) is 23.0 Å². The Labute approximate surface area is 358 Å². The fourth-order valence-electron chi connectivity index (χ4n) is 9.36. The molecule has 12 heteroatoms. The minimum atomic E-state index is -3.59. The first-order chi connectivity index (χ1) is 28.6. The van der Waals surface area contributed by atoms with E-state index in [1.165, 1.54) is 0 Å². The van der Waals surface area contributed by atoms with E-state index in [9.17, 15) is 27.0 Å². The van der Waals surface area contributed by atoms with Crippen LogP contribution in [0.2, 0.25) is 0 Å². The molecule has 0 radical (unpaired) electrons. The van der Waals surface area contributed by atoms with Crippen molar-refractivity contribution < 1.29 is 46.0 Å². The molecule has 60 heavy (non-hydrogen) atoms. The lowest BCUT2D eigenvalue weighted by molar-refractivity contribution is 0.0173. The number of methoxy groups -OCH3 is 4. The Bertz CT molecular complexity index is 2130. The van der Waals surface area contributed by atoms with Gasteiger partial charge in [-0.05, 0) is 109 Å². The Morgan fingerprint density at radius 1 is 0.533 bits per heavy atom. The average molecular weight is 865 g/mol. The summed E-state index contributed by atoms with van der Waals surface area (Å²) in [5.41, 5.74) is 1.39. The molecule has 0 aromatic heterocycles. The zero-order chi connectivity index (χ0) is 43.9. The fourth-order valence-corrected chi connectivity index (χ4v) is 13.9. The maximum atomic E-state index is 13.5. The highest BCUT2D eigenvalue weighted by molar-refractivity contribution is 7.91. The van der Waals surface area contributed by atoms with Crippen LogP contribution in [0.5, 0.6) is 23.0 Å². The van der Waals surface area contributed by atoms with Gasteiger partial charge in [0, 0.05) is 22.7 Å². The van der Waals surface area contributed by atoms with Gasteiger partial charge in [-0.2, -0.15) is 0 Å². The molecule has 4 aromatic carbocycles. The van der Waals surface area contributed by atoms with Crippen molar-refractivity contribution in [1.82, 2.24) is 0 Å². The summed E-state index contributed by atoms with van der Waals surface area (Å²) in [5, 5.41) is 23.6. The fraction of sp³-hybridized carbons (Fsp3) is 0.500. The maximum absolute atomic E-state index is 13.5. The number of rotatable bonds is 14. The standard InChI is InChI=1S/2C24H32O5S/c2*1-5-7-13-24(6-2)16-30(26,27)21-12-11-19(29-4)15-20(21)22(23(24)25)17-9-8-10-18(14-17)28-3/h2*8-12,14-15,22-23,25H,5-7,13,16H2,1-4H3/t22-,23?,24+;22-,23?,24-/m01/s1. The third-order valence-electron chi connectivity index (χ3n) is 13.0. The van der Waals surface area contributed by atoms with Gasteiger partial charge in [0.05, 0.1) is 61.9 Å². The van der Waals surface area contributed by atoms with Gasteiger partial charge in [-0.15, -0.1) is 0 Å². The van der Waals surface area contributed by atoms with Gasteiger partial charge < -0.3 is 29.2 Å². The molecule has 2 N–H and O–H groups in total. The topological polar surface area (TPSA) is 146 Å². The minimum absolute atomic E-state index is 0.0581. The summed E-state index contributed by atoms with van der Waals surface area (Å²) < 4.78 is 75.6. The summed E-state index contributed by atoms with van der Waals surface area (Å²) in [5.74, 6) is 1.37. The number of sulfone groups is 2. The van der Waals surface area contributed by atoms with E-state index in [4.69, 9.17) is 18.9 Å². The highest BCUT2D eigenvalue weighted by atomic mass is 32.2. The SMILES string of the molecule is CCCC[C@]1(CC)CS(=O)(=O)c2ccc(OC)cc2[C@@H](c2cccc(OC)c2)C1O.CCCC[C@]1(CC)CS(=O)(=O)c2ccc(OC)cc2[C@H](c2cccc(OC)c2)C1O. The Morgan fingerprint density at radius 3 is 1.20 bits per heavy atom.